The molecule has 0 spiro atoms. The van der Waals surface area contributed by atoms with Gasteiger partial charge in [0.2, 0.25) is 5.95 Å². The molecule has 3 aromatic rings. The van der Waals surface area contributed by atoms with Gasteiger partial charge in [0, 0.05) is 29.6 Å². The fourth-order valence-corrected chi connectivity index (χ4v) is 3.64. The van der Waals surface area contributed by atoms with Crippen molar-refractivity contribution in [2.24, 2.45) is 0 Å². The number of para-hydroxylation sites is 1. The van der Waals surface area contributed by atoms with Crippen molar-refractivity contribution in [3.63, 3.8) is 0 Å². The van der Waals surface area contributed by atoms with Crippen molar-refractivity contribution in [1.29, 1.82) is 0 Å². The van der Waals surface area contributed by atoms with Crippen LogP contribution >= 0.6 is 0 Å². The highest BCUT2D eigenvalue weighted by Gasteiger charge is 2.41. The van der Waals surface area contributed by atoms with Crippen molar-refractivity contribution in [3.8, 4) is 0 Å². The molecule has 2 heterocycles. The Bertz CT molecular complexity index is 972. The zero-order chi connectivity index (χ0) is 19.2. The van der Waals surface area contributed by atoms with E-state index in [0.29, 0.717) is 5.95 Å². The molecular weight excluding hydrogens is 358 g/mol. The standard InChI is InChI=1S/C20H15F4N3/c1-12-14-5-2-3-6-17(14)27(19-25-9-4-10-26-19)18(12)15-11-13(20(22,23)24)7-8-16(15)21/h2-12,18H,1H3. The molecule has 138 valence electrons. The minimum absolute atomic E-state index is 0.0269. The predicted molar refractivity (Wildman–Crippen MR) is 93.2 cm³/mol. The number of aromatic nitrogens is 2. The zero-order valence-corrected chi connectivity index (χ0v) is 14.3. The molecule has 0 bridgehead atoms. The van der Waals surface area contributed by atoms with Crippen LogP contribution in [0.3, 0.4) is 0 Å². The lowest BCUT2D eigenvalue weighted by molar-refractivity contribution is -0.137. The second-order valence-corrected chi connectivity index (χ2v) is 6.45. The van der Waals surface area contributed by atoms with Crippen LogP contribution in [0.15, 0.2) is 60.9 Å². The highest BCUT2D eigenvalue weighted by Crippen LogP contribution is 2.52. The first-order valence-electron chi connectivity index (χ1n) is 8.40. The Balaban J connectivity index is 1.92. The van der Waals surface area contributed by atoms with Crippen LogP contribution in [-0.4, -0.2) is 9.97 Å². The van der Waals surface area contributed by atoms with Crippen LogP contribution in [0.2, 0.25) is 0 Å². The maximum atomic E-state index is 14.7. The van der Waals surface area contributed by atoms with Gasteiger partial charge in [-0.15, -0.1) is 0 Å². The summed E-state index contributed by atoms with van der Waals surface area (Å²) >= 11 is 0. The Morgan fingerprint density at radius 3 is 2.33 bits per heavy atom. The van der Waals surface area contributed by atoms with Gasteiger partial charge in [0.1, 0.15) is 5.82 Å². The Kier molecular flexibility index (Phi) is 4.09. The van der Waals surface area contributed by atoms with E-state index in [-0.39, 0.29) is 11.5 Å². The molecule has 0 aliphatic carbocycles. The number of hydrogen-bond donors (Lipinski definition) is 0. The molecule has 2 atom stereocenters. The highest BCUT2D eigenvalue weighted by atomic mass is 19.4. The molecule has 1 aromatic heterocycles. The minimum Gasteiger partial charge on any atom is -0.302 e. The van der Waals surface area contributed by atoms with Gasteiger partial charge in [-0.25, -0.2) is 14.4 Å². The van der Waals surface area contributed by atoms with Gasteiger partial charge in [-0.3, -0.25) is 0 Å². The van der Waals surface area contributed by atoms with Crippen LogP contribution < -0.4 is 4.90 Å². The highest BCUT2D eigenvalue weighted by molar-refractivity contribution is 5.70. The molecule has 0 N–H and O–H groups in total. The van der Waals surface area contributed by atoms with Gasteiger partial charge in [0.15, 0.2) is 0 Å². The van der Waals surface area contributed by atoms with Crippen molar-refractivity contribution in [2.75, 3.05) is 4.90 Å². The SMILES string of the molecule is CC1c2ccccc2N(c2ncccn2)C1c1cc(C(F)(F)F)ccc1F. The normalized spacial score (nSPS) is 19.2. The van der Waals surface area contributed by atoms with Crippen molar-refractivity contribution in [2.45, 2.75) is 25.1 Å². The molecular formula is C20H15F4N3. The van der Waals surface area contributed by atoms with Crippen molar-refractivity contribution in [1.82, 2.24) is 9.97 Å². The van der Waals surface area contributed by atoms with Gasteiger partial charge in [-0.1, -0.05) is 25.1 Å². The summed E-state index contributed by atoms with van der Waals surface area (Å²) in [7, 11) is 0. The number of fused-ring (bicyclic) bond motifs is 1. The van der Waals surface area contributed by atoms with Crippen molar-refractivity contribution in [3.05, 3.63) is 83.4 Å². The molecule has 7 heteroatoms. The summed E-state index contributed by atoms with van der Waals surface area (Å²) in [6, 6.07) is 10.9. The molecule has 0 radical (unpaired) electrons. The number of alkyl halides is 3. The monoisotopic (exact) mass is 373 g/mol. The molecule has 0 fully saturated rings. The molecule has 1 aliphatic heterocycles. The Hall–Kier alpha value is -2.96. The number of hydrogen-bond acceptors (Lipinski definition) is 3. The van der Waals surface area contributed by atoms with E-state index in [1.165, 1.54) is 0 Å². The summed E-state index contributed by atoms with van der Waals surface area (Å²) in [5.74, 6) is -0.618. The number of halogens is 4. The summed E-state index contributed by atoms with van der Waals surface area (Å²) in [4.78, 5) is 10.2. The van der Waals surface area contributed by atoms with Crippen LogP contribution in [0.1, 0.15) is 35.6 Å². The third-order valence-corrected chi connectivity index (χ3v) is 4.85. The molecule has 4 rings (SSSR count). The van der Waals surface area contributed by atoms with Gasteiger partial charge in [-0.2, -0.15) is 13.2 Å². The Morgan fingerprint density at radius 1 is 0.926 bits per heavy atom. The third-order valence-electron chi connectivity index (χ3n) is 4.85. The van der Waals surface area contributed by atoms with Crippen molar-refractivity contribution < 1.29 is 17.6 Å². The smallest absolute Gasteiger partial charge is 0.302 e. The Labute approximate surface area is 153 Å². The third kappa shape index (κ3) is 2.93. The summed E-state index contributed by atoms with van der Waals surface area (Å²) in [5, 5.41) is 0. The van der Waals surface area contributed by atoms with Gasteiger partial charge < -0.3 is 4.90 Å². The van der Waals surface area contributed by atoms with Gasteiger partial charge >= 0.3 is 6.18 Å². The quantitative estimate of drug-likeness (QED) is 0.545. The molecule has 0 amide bonds. The number of anilines is 2. The van der Waals surface area contributed by atoms with E-state index in [1.807, 2.05) is 31.2 Å². The maximum absolute atomic E-state index is 14.7. The first kappa shape index (κ1) is 17.5. The minimum atomic E-state index is -4.55. The van der Waals surface area contributed by atoms with Crippen LogP contribution in [-0.2, 0) is 6.18 Å². The van der Waals surface area contributed by atoms with Crippen LogP contribution in [0.25, 0.3) is 0 Å². The molecule has 2 aromatic carbocycles. The predicted octanol–water partition coefficient (Wildman–Crippen LogP) is 5.63. The van der Waals surface area contributed by atoms with E-state index < -0.39 is 23.6 Å². The zero-order valence-electron chi connectivity index (χ0n) is 14.3. The van der Waals surface area contributed by atoms with E-state index in [1.54, 1.807) is 23.4 Å². The van der Waals surface area contributed by atoms with Crippen LogP contribution in [0.5, 0.6) is 0 Å². The molecule has 1 aliphatic rings. The molecule has 3 nitrogen and oxygen atoms in total. The van der Waals surface area contributed by atoms with Gasteiger partial charge in [-0.05, 0) is 35.9 Å². The number of benzene rings is 2. The summed E-state index contributed by atoms with van der Waals surface area (Å²) in [5.41, 5.74) is 0.766. The number of rotatable bonds is 2. The van der Waals surface area contributed by atoms with E-state index in [9.17, 15) is 17.6 Å². The van der Waals surface area contributed by atoms with E-state index in [2.05, 4.69) is 9.97 Å². The summed E-state index contributed by atoms with van der Waals surface area (Å²) in [6.45, 7) is 1.87. The average Bonchev–Trinajstić information content (AvgIpc) is 2.95. The van der Waals surface area contributed by atoms with Crippen LogP contribution in [0.4, 0.5) is 29.2 Å². The second kappa shape index (κ2) is 6.33. The fourth-order valence-electron chi connectivity index (χ4n) is 3.64. The topological polar surface area (TPSA) is 29.0 Å². The van der Waals surface area contributed by atoms with Gasteiger partial charge in [0.25, 0.3) is 0 Å². The molecule has 0 saturated carbocycles. The summed E-state index contributed by atoms with van der Waals surface area (Å²) in [6.07, 6.45) is -1.45. The van der Waals surface area contributed by atoms with Crippen molar-refractivity contribution >= 4 is 11.6 Å². The fraction of sp³-hybridized carbons (Fsp3) is 0.200. The maximum Gasteiger partial charge on any atom is 0.416 e. The van der Waals surface area contributed by atoms with E-state index >= 15 is 0 Å². The van der Waals surface area contributed by atoms with E-state index in [4.69, 9.17) is 0 Å². The summed E-state index contributed by atoms with van der Waals surface area (Å²) < 4.78 is 54.3. The first-order valence-corrected chi connectivity index (χ1v) is 8.40. The Morgan fingerprint density at radius 2 is 1.63 bits per heavy atom. The lowest BCUT2D eigenvalue weighted by atomic mass is 9.90. The van der Waals surface area contributed by atoms with Crippen LogP contribution in [0, 0.1) is 5.82 Å². The lowest BCUT2D eigenvalue weighted by Gasteiger charge is -2.28. The first-order chi connectivity index (χ1) is 12.9. The molecule has 0 saturated heterocycles. The number of nitrogens with zero attached hydrogens (tertiary/aromatic N) is 3. The van der Waals surface area contributed by atoms with Gasteiger partial charge in [0.05, 0.1) is 11.6 Å². The van der Waals surface area contributed by atoms with E-state index in [0.717, 1.165) is 29.4 Å². The lowest BCUT2D eigenvalue weighted by Crippen LogP contribution is -2.24. The average molecular weight is 373 g/mol. The largest absolute Gasteiger partial charge is 0.416 e. The second-order valence-electron chi connectivity index (χ2n) is 6.45. The molecule has 27 heavy (non-hydrogen) atoms. The molecule has 2 unspecified atom stereocenters.